The van der Waals surface area contributed by atoms with E-state index >= 15 is 0 Å². The fourth-order valence-corrected chi connectivity index (χ4v) is 2.36. The minimum atomic E-state index is -0.539. The Bertz CT molecular complexity index is 959. The van der Waals surface area contributed by atoms with E-state index in [2.05, 4.69) is 11.6 Å². The standard InChI is InChI=1S/C18H17N3O4/c1-3-9-21(18(23)24-12-13-7-5-4-6-8-13)14-10-15-16(19-11-14)20(2)17(22)25-15/h3-8,10-11H,1,9,12H2,2H3. The first-order chi connectivity index (χ1) is 12.1. The highest BCUT2D eigenvalue weighted by atomic mass is 16.6. The van der Waals surface area contributed by atoms with Crippen molar-refractivity contribution in [2.24, 2.45) is 7.05 Å². The summed E-state index contributed by atoms with van der Waals surface area (Å²) < 4.78 is 11.8. The Morgan fingerprint density at radius 1 is 1.40 bits per heavy atom. The molecular formula is C18H17N3O4. The summed E-state index contributed by atoms with van der Waals surface area (Å²) in [6, 6.07) is 11.0. The van der Waals surface area contributed by atoms with Crippen molar-refractivity contribution >= 4 is 23.0 Å². The average Bonchev–Trinajstić information content (AvgIpc) is 2.92. The lowest BCUT2D eigenvalue weighted by molar-refractivity contribution is 0.147. The molecule has 0 aliphatic carbocycles. The van der Waals surface area contributed by atoms with E-state index in [1.54, 1.807) is 19.2 Å². The van der Waals surface area contributed by atoms with Gasteiger partial charge in [0.25, 0.3) is 0 Å². The van der Waals surface area contributed by atoms with Crippen molar-refractivity contribution in [1.82, 2.24) is 9.55 Å². The Labute approximate surface area is 143 Å². The monoisotopic (exact) mass is 339 g/mol. The van der Waals surface area contributed by atoms with Crippen LogP contribution in [0.15, 0.2) is 64.5 Å². The van der Waals surface area contributed by atoms with Crippen molar-refractivity contribution in [2.75, 3.05) is 11.4 Å². The van der Waals surface area contributed by atoms with Crippen LogP contribution in [0.3, 0.4) is 0 Å². The zero-order valence-electron chi connectivity index (χ0n) is 13.7. The molecule has 0 atom stereocenters. The molecule has 0 spiro atoms. The molecule has 2 heterocycles. The molecule has 0 aliphatic heterocycles. The number of amides is 1. The van der Waals surface area contributed by atoms with Gasteiger partial charge in [-0.15, -0.1) is 6.58 Å². The smallest absolute Gasteiger partial charge is 0.420 e. The maximum absolute atomic E-state index is 12.4. The molecule has 1 aromatic carbocycles. The molecule has 3 aromatic rings. The molecule has 2 aromatic heterocycles. The lowest BCUT2D eigenvalue weighted by Crippen LogP contribution is -2.31. The molecule has 128 valence electrons. The van der Waals surface area contributed by atoms with Gasteiger partial charge in [0, 0.05) is 19.7 Å². The molecule has 7 nitrogen and oxygen atoms in total. The van der Waals surface area contributed by atoms with Gasteiger partial charge < -0.3 is 9.15 Å². The summed E-state index contributed by atoms with van der Waals surface area (Å²) >= 11 is 0. The van der Waals surface area contributed by atoms with Crippen molar-refractivity contribution in [1.29, 1.82) is 0 Å². The molecular weight excluding hydrogens is 322 g/mol. The molecule has 0 saturated carbocycles. The van der Waals surface area contributed by atoms with Crippen LogP contribution >= 0.6 is 0 Å². The van der Waals surface area contributed by atoms with E-state index in [-0.39, 0.29) is 13.2 Å². The number of carbonyl (C=O) groups is 1. The Hall–Kier alpha value is -3.35. The predicted molar refractivity (Wildman–Crippen MR) is 93.4 cm³/mol. The quantitative estimate of drug-likeness (QED) is 0.668. The number of nitrogens with zero attached hydrogens (tertiary/aromatic N) is 3. The van der Waals surface area contributed by atoms with Gasteiger partial charge >= 0.3 is 11.8 Å². The summed E-state index contributed by atoms with van der Waals surface area (Å²) in [5.74, 6) is -0.512. The van der Waals surface area contributed by atoms with Gasteiger partial charge in [-0.25, -0.2) is 14.6 Å². The Kier molecular flexibility index (Phi) is 4.65. The third-order valence-corrected chi connectivity index (χ3v) is 3.66. The first kappa shape index (κ1) is 16.5. The summed E-state index contributed by atoms with van der Waals surface area (Å²) in [7, 11) is 1.57. The number of carbonyl (C=O) groups excluding carboxylic acids is 1. The van der Waals surface area contributed by atoms with Crippen LogP contribution in [-0.4, -0.2) is 22.2 Å². The van der Waals surface area contributed by atoms with Crippen LogP contribution in [0.4, 0.5) is 10.5 Å². The molecule has 1 amide bonds. The van der Waals surface area contributed by atoms with E-state index in [4.69, 9.17) is 9.15 Å². The molecule has 25 heavy (non-hydrogen) atoms. The summed E-state index contributed by atoms with van der Waals surface area (Å²) in [5, 5.41) is 0. The van der Waals surface area contributed by atoms with Crippen molar-refractivity contribution in [2.45, 2.75) is 6.61 Å². The highest BCUT2D eigenvalue weighted by Gasteiger charge is 2.18. The molecule has 0 fully saturated rings. The summed E-state index contributed by atoms with van der Waals surface area (Å²) in [6.45, 7) is 4.05. The topological polar surface area (TPSA) is 77.6 Å². The van der Waals surface area contributed by atoms with Crippen molar-refractivity contribution in [3.63, 3.8) is 0 Å². The van der Waals surface area contributed by atoms with Gasteiger partial charge in [-0.1, -0.05) is 36.4 Å². The fraction of sp³-hybridized carbons (Fsp3) is 0.167. The number of hydrogen-bond donors (Lipinski definition) is 0. The lowest BCUT2D eigenvalue weighted by Gasteiger charge is -2.20. The summed E-state index contributed by atoms with van der Waals surface area (Å²) in [5.41, 5.74) is 2.05. The number of oxazole rings is 1. The third-order valence-electron chi connectivity index (χ3n) is 3.66. The average molecular weight is 339 g/mol. The van der Waals surface area contributed by atoms with Gasteiger partial charge in [-0.2, -0.15) is 0 Å². The van der Waals surface area contributed by atoms with Gasteiger partial charge in [0.05, 0.1) is 11.9 Å². The number of aryl methyl sites for hydroxylation is 1. The van der Waals surface area contributed by atoms with Gasteiger partial charge in [0.1, 0.15) is 6.61 Å². The van der Waals surface area contributed by atoms with Gasteiger partial charge in [-0.05, 0) is 5.56 Å². The second kappa shape index (κ2) is 7.04. The summed E-state index contributed by atoms with van der Waals surface area (Å²) in [4.78, 5) is 29.6. The van der Waals surface area contributed by atoms with E-state index < -0.39 is 11.8 Å². The molecule has 0 unspecified atom stereocenters. The number of benzene rings is 1. The number of aromatic nitrogens is 2. The second-order valence-electron chi connectivity index (χ2n) is 5.38. The maximum Gasteiger partial charge on any atom is 0.420 e. The molecule has 0 radical (unpaired) electrons. The number of pyridine rings is 1. The van der Waals surface area contributed by atoms with Crippen LogP contribution in [0.2, 0.25) is 0 Å². The molecule has 3 rings (SSSR count). The van der Waals surface area contributed by atoms with Crippen molar-refractivity contribution in [3.05, 3.63) is 71.4 Å². The first-order valence-corrected chi connectivity index (χ1v) is 7.65. The number of hydrogen-bond acceptors (Lipinski definition) is 5. The Balaban J connectivity index is 1.83. The van der Waals surface area contributed by atoms with Crippen LogP contribution in [0.1, 0.15) is 5.56 Å². The number of fused-ring (bicyclic) bond motifs is 1. The molecule has 7 heteroatoms. The zero-order valence-corrected chi connectivity index (χ0v) is 13.7. The van der Waals surface area contributed by atoms with E-state index in [0.717, 1.165) is 5.56 Å². The highest BCUT2D eigenvalue weighted by Crippen LogP contribution is 2.20. The fourth-order valence-electron chi connectivity index (χ4n) is 2.36. The van der Waals surface area contributed by atoms with Crippen LogP contribution < -0.4 is 10.7 Å². The number of anilines is 1. The van der Waals surface area contributed by atoms with Crippen LogP contribution in [-0.2, 0) is 18.4 Å². The third kappa shape index (κ3) is 3.45. The van der Waals surface area contributed by atoms with E-state index in [0.29, 0.717) is 16.9 Å². The van der Waals surface area contributed by atoms with Crippen LogP contribution in [0.5, 0.6) is 0 Å². The predicted octanol–water partition coefficient (Wildman–Crippen LogP) is 2.86. The lowest BCUT2D eigenvalue weighted by atomic mass is 10.2. The summed E-state index contributed by atoms with van der Waals surface area (Å²) in [6.07, 6.45) is 2.53. The SMILES string of the molecule is C=CCN(C(=O)OCc1ccccc1)c1cnc2c(c1)oc(=O)n2C. The second-order valence-corrected chi connectivity index (χ2v) is 5.38. The van der Waals surface area contributed by atoms with Gasteiger partial charge in [0.2, 0.25) is 0 Å². The van der Waals surface area contributed by atoms with E-state index in [1.807, 2.05) is 30.3 Å². The molecule has 0 N–H and O–H groups in total. The largest absolute Gasteiger partial charge is 0.444 e. The van der Waals surface area contributed by atoms with Crippen molar-refractivity contribution < 1.29 is 13.9 Å². The van der Waals surface area contributed by atoms with E-state index in [9.17, 15) is 9.59 Å². The van der Waals surface area contributed by atoms with E-state index in [1.165, 1.54) is 15.7 Å². The first-order valence-electron chi connectivity index (χ1n) is 7.65. The molecule has 0 aliphatic rings. The molecule has 0 bridgehead atoms. The van der Waals surface area contributed by atoms with Crippen LogP contribution in [0, 0.1) is 0 Å². The number of rotatable bonds is 5. The number of ether oxygens (including phenoxy) is 1. The zero-order chi connectivity index (χ0) is 17.8. The highest BCUT2D eigenvalue weighted by molar-refractivity contribution is 5.89. The van der Waals surface area contributed by atoms with Gasteiger partial charge in [0.15, 0.2) is 11.2 Å². The minimum Gasteiger partial charge on any atom is -0.444 e. The minimum absolute atomic E-state index is 0.156. The Morgan fingerprint density at radius 2 is 2.16 bits per heavy atom. The van der Waals surface area contributed by atoms with Gasteiger partial charge in [-0.3, -0.25) is 9.47 Å². The van der Waals surface area contributed by atoms with Crippen molar-refractivity contribution in [3.8, 4) is 0 Å². The molecule has 0 saturated heterocycles. The normalized spacial score (nSPS) is 10.6. The Morgan fingerprint density at radius 3 is 2.88 bits per heavy atom. The maximum atomic E-state index is 12.4. The van der Waals surface area contributed by atoms with Crippen LogP contribution in [0.25, 0.3) is 11.2 Å².